The van der Waals surface area contributed by atoms with E-state index in [1.165, 1.54) is 19.9 Å². The van der Waals surface area contributed by atoms with Crippen LogP contribution in [0, 0.1) is 23.2 Å². The number of amides is 2. The zero-order valence-corrected chi connectivity index (χ0v) is 17.1. The number of anilines is 1. The SMILES string of the molecule is CC(=O)OCCC12CC(O)C(C)(O1)[C@@H]1C(=O)N(c3ccc(C#N)c(C(F)(F)F)c3)C(=O)[C@@H]12. The Morgan fingerprint density at radius 2 is 2.00 bits per heavy atom. The fourth-order valence-electron chi connectivity index (χ4n) is 5.25. The van der Waals surface area contributed by atoms with Crippen LogP contribution in [0.5, 0.6) is 0 Å². The molecule has 3 fully saturated rings. The van der Waals surface area contributed by atoms with Crippen LogP contribution in [0.15, 0.2) is 18.2 Å². The number of carbonyl (C=O) groups is 3. The second kappa shape index (κ2) is 7.02. The molecule has 32 heavy (non-hydrogen) atoms. The number of benzene rings is 1. The van der Waals surface area contributed by atoms with Gasteiger partial charge in [-0.1, -0.05) is 0 Å². The van der Waals surface area contributed by atoms with Crippen molar-refractivity contribution >= 4 is 23.5 Å². The molecule has 11 heteroatoms. The molecule has 0 aliphatic carbocycles. The van der Waals surface area contributed by atoms with Gasteiger partial charge in [0.05, 0.1) is 53.0 Å². The summed E-state index contributed by atoms with van der Waals surface area (Å²) in [5, 5.41) is 19.6. The van der Waals surface area contributed by atoms with Gasteiger partial charge < -0.3 is 14.6 Å². The van der Waals surface area contributed by atoms with Crippen molar-refractivity contribution in [3.63, 3.8) is 0 Å². The van der Waals surface area contributed by atoms with E-state index in [0.29, 0.717) is 11.0 Å². The number of nitriles is 1. The van der Waals surface area contributed by atoms with Crippen molar-refractivity contribution in [1.29, 1.82) is 5.26 Å². The molecule has 3 heterocycles. The van der Waals surface area contributed by atoms with Crippen LogP contribution < -0.4 is 4.90 Å². The zero-order valence-electron chi connectivity index (χ0n) is 17.1. The summed E-state index contributed by atoms with van der Waals surface area (Å²) in [7, 11) is 0. The first-order valence-electron chi connectivity index (χ1n) is 9.86. The van der Waals surface area contributed by atoms with E-state index in [1.807, 2.05) is 0 Å². The molecule has 0 saturated carbocycles. The molecule has 5 atom stereocenters. The second-order valence-corrected chi connectivity index (χ2v) is 8.47. The summed E-state index contributed by atoms with van der Waals surface area (Å²) in [5.41, 5.74) is -4.92. The van der Waals surface area contributed by atoms with Crippen LogP contribution in [-0.4, -0.2) is 46.8 Å². The van der Waals surface area contributed by atoms with Crippen molar-refractivity contribution in [2.45, 2.75) is 50.2 Å². The van der Waals surface area contributed by atoms with Gasteiger partial charge in [0.2, 0.25) is 11.8 Å². The summed E-state index contributed by atoms with van der Waals surface area (Å²) < 4.78 is 51.2. The molecule has 0 spiro atoms. The number of rotatable bonds is 4. The molecule has 4 rings (SSSR count). The van der Waals surface area contributed by atoms with E-state index in [4.69, 9.17) is 14.7 Å². The Morgan fingerprint density at radius 1 is 1.34 bits per heavy atom. The number of halogens is 3. The number of fused-ring (bicyclic) bond motifs is 5. The highest BCUT2D eigenvalue weighted by Crippen LogP contribution is 2.62. The number of ether oxygens (including phenoxy) is 2. The molecule has 3 aliphatic heterocycles. The molecule has 2 bridgehead atoms. The molecule has 3 saturated heterocycles. The van der Waals surface area contributed by atoms with Crippen LogP contribution in [0.2, 0.25) is 0 Å². The van der Waals surface area contributed by atoms with Crippen LogP contribution in [0.25, 0.3) is 0 Å². The number of aliphatic hydroxyl groups excluding tert-OH is 1. The fourth-order valence-corrected chi connectivity index (χ4v) is 5.25. The molecule has 1 aromatic carbocycles. The molecule has 1 aromatic rings. The van der Waals surface area contributed by atoms with Gasteiger partial charge in [-0.25, -0.2) is 4.90 Å². The highest BCUT2D eigenvalue weighted by molar-refractivity contribution is 6.23. The standard InChI is InChI=1S/C21H19F3N2O6/c1-10(27)31-6-5-20-8-14(28)19(2,32-20)15-16(20)18(30)26(17(15)29)12-4-3-11(9-25)13(7-12)21(22,23)24/h3-4,7,14-16,28H,5-6,8H2,1-2H3/t14?,15-,16+,19?,20?/m0/s1. The van der Waals surface area contributed by atoms with Gasteiger partial charge in [-0.05, 0) is 25.1 Å². The summed E-state index contributed by atoms with van der Waals surface area (Å²) in [5.74, 6) is -4.25. The molecule has 2 amide bonds. The molecule has 3 unspecified atom stereocenters. The minimum Gasteiger partial charge on any atom is -0.466 e. The van der Waals surface area contributed by atoms with E-state index in [0.717, 1.165) is 12.1 Å². The van der Waals surface area contributed by atoms with Crippen LogP contribution in [0.3, 0.4) is 0 Å². The van der Waals surface area contributed by atoms with E-state index in [2.05, 4.69) is 0 Å². The van der Waals surface area contributed by atoms with Crippen molar-refractivity contribution in [2.75, 3.05) is 11.5 Å². The first kappa shape index (κ1) is 22.2. The third-order valence-corrected chi connectivity index (χ3v) is 6.63. The molecular formula is C21H19F3N2O6. The van der Waals surface area contributed by atoms with Gasteiger partial charge in [0, 0.05) is 19.8 Å². The number of carbonyl (C=O) groups excluding carboxylic acids is 3. The molecule has 8 nitrogen and oxygen atoms in total. The monoisotopic (exact) mass is 452 g/mol. The van der Waals surface area contributed by atoms with Gasteiger partial charge in [0.25, 0.3) is 0 Å². The van der Waals surface area contributed by atoms with E-state index in [9.17, 15) is 32.7 Å². The van der Waals surface area contributed by atoms with Crippen LogP contribution >= 0.6 is 0 Å². The summed E-state index contributed by atoms with van der Waals surface area (Å²) >= 11 is 0. The maximum Gasteiger partial charge on any atom is 0.417 e. The van der Waals surface area contributed by atoms with E-state index < -0.39 is 64.2 Å². The fraction of sp³-hybridized carbons (Fsp3) is 0.524. The minimum atomic E-state index is -4.86. The average molecular weight is 452 g/mol. The van der Waals surface area contributed by atoms with Gasteiger partial charge in [-0.15, -0.1) is 0 Å². The molecule has 0 aromatic heterocycles. The van der Waals surface area contributed by atoms with Crippen molar-refractivity contribution in [3.05, 3.63) is 29.3 Å². The van der Waals surface area contributed by atoms with Crippen molar-refractivity contribution < 1.29 is 42.1 Å². The number of aliphatic hydroxyl groups is 1. The van der Waals surface area contributed by atoms with Crippen LogP contribution in [-0.2, 0) is 30.0 Å². The minimum absolute atomic E-state index is 0.0139. The molecular weight excluding hydrogens is 433 g/mol. The lowest BCUT2D eigenvalue weighted by Gasteiger charge is -2.33. The van der Waals surface area contributed by atoms with Crippen molar-refractivity contribution in [1.82, 2.24) is 0 Å². The number of esters is 1. The van der Waals surface area contributed by atoms with Gasteiger partial charge in [-0.2, -0.15) is 18.4 Å². The second-order valence-electron chi connectivity index (χ2n) is 8.47. The predicted molar refractivity (Wildman–Crippen MR) is 99.7 cm³/mol. The average Bonchev–Trinajstić information content (AvgIpc) is 3.22. The Kier molecular flexibility index (Phi) is 4.87. The molecule has 170 valence electrons. The Morgan fingerprint density at radius 3 is 2.59 bits per heavy atom. The summed E-state index contributed by atoms with van der Waals surface area (Å²) in [6, 6.07) is 4.07. The Hall–Kier alpha value is -2.97. The van der Waals surface area contributed by atoms with Crippen molar-refractivity contribution in [2.24, 2.45) is 11.8 Å². The lowest BCUT2D eigenvalue weighted by atomic mass is 9.66. The van der Waals surface area contributed by atoms with Gasteiger partial charge >= 0.3 is 12.1 Å². The topological polar surface area (TPSA) is 117 Å². The highest BCUT2D eigenvalue weighted by atomic mass is 19.4. The highest BCUT2D eigenvalue weighted by Gasteiger charge is 2.77. The zero-order chi connectivity index (χ0) is 23.6. The Bertz CT molecular complexity index is 1070. The lowest BCUT2D eigenvalue weighted by molar-refractivity contribution is -0.144. The Labute approximate surface area is 180 Å². The van der Waals surface area contributed by atoms with E-state index in [-0.39, 0.29) is 25.1 Å². The first-order valence-corrected chi connectivity index (χ1v) is 9.86. The number of alkyl halides is 3. The number of imide groups is 1. The number of nitrogens with zero attached hydrogens (tertiary/aromatic N) is 2. The Balaban J connectivity index is 1.74. The number of hydrogen-bond acceptors (Lipinski definition) is 7. The summed E-state index contributed by atoms with van der Waals surface area (Å²) in [4.78, 5) is 38.4. The largest absolute Gasteiger partial charge is 0.466 e. The van der Waals surface area contributed by atoms with Crippen LogP contribution in [0.4, 0.5) is 18.9 Å². The first-order chi connectivity index (χ1) is 14.9. The van der Waals surface area contributed by atoms with Gasteiger partial charge in [0.15, 0.2) is 0 Å². The molecule has 1 N–H and O–H groups in total. The van der Waals surface area contributed by atoms with Crippen molar-refractivity contribution in [3.8, 4) is 6.07 Å². The predicted octanol–water partition coefficient (Wildman–Crippen LogP) is 1.93. The number of hydrogen-bond donors (Lipinski definition) is 1. The maximum absolute atomic E-state index is 13.4. The third-order valence-electron chi connectivity index (χ3n) is 6.63. The third kappa shape index (κ3) is 3.01. The normalized spacial score (nSPS) is 33.4. The lowest BCUT2D eigenvalue weighted by Crippen LogP contribution is -2.49. The summed E-state index contributed by atoms with van der Waals surface area (Å²) in [6.07, 6.45) is -5.91. The van der Waals surface area contributed by atoms with Gasteiger partial charge in [0.1, 0.15) is 5.60 Å². The summed E-state index contributed by atoms with van der Waals surface area (Å²) in [6.45, 7) is 2.58. The molecule has 0 radical (unpaired) electrons. The van der Waals surface area contributed by atoms with E-state index >= 15 is 0 Å². The molecule has 3 aliphatic rings. The van der Waals surface area contributed by atoms with Crippen LogP contribution in [0.1, 0.15) is 37.8 Å². The smallest absolute Gasteiger partial charge is 0.417 e. The van der Waals surface area contributed by atoms with E-state index in [1.54, 1.807) is 0 Å². The maximum atomic E-state index is 13.4. The van der Waals surface area contributed by atoms with Gasteiger partial charge in [-0.3, -0.25) is 14.4 Å². The quantitative estimate of drug-likeness (QED) is 0.548.